The lowest BCUT2D eigenvalue weighted by Crippen LogP contribution is -1.98. The third kappa shape index (κ3) is 1.96. The predicted molar refractivity (Wildman–Crippen MR) is 56.9 cm³/mol. The van der Waals surface area contributed by atoms with Crippen molar-refractivity contribution in [3.05, 3.63) is 42.1 Å². The van der Waals surface area contributed by atoms with Gasteiger partial charge >= 0.3 is 6.47 Å². The van der Waals surface area contributed by atoms with Gasteiger partial charge in [-0.25, -0.2) is 4.79 Å². The molecule has 0 N–H and O–H groups in total. The summed E-state index contributed by atoms with van der Waals surface area (Å²) in [4.78, 5) is 14.4. The van der Waals surface area contributed by atoms with Crippen molar-refractivity contribution in [2.75, 3.05) is 0 Å². The van der Waals surface area contributed by atoms with Crippen LogP contribution in [0.1, 0.15) is 18.6 Å². The number of pyridine rings is 1. The summed E-state index contributed by atoms with van der Waals surface area (Å²) in [6.07, 6.45) is 1.41. The van der Waals surface area contributed by atoms with E-state index >= 15 is 0 Å². The molecule has 1 atom stereocenters. The van der Waals surface area contributed by atoms with Crippen molar-refractivity contribution in [3.63, 3.8) is 0 Å². The zero-order valence-electron chi connectivity index (χ0n) is 8.31. The topological polar surface area (TPSA) is 39.2 Å². The maximum atomic E-state index is 10.1. The summed E-state index contributed by atoms with van der Waals surface area (Å²) < 4.78 is 4.73. The summed E-state index contributed by atoms with van der Waals surface area (Å²) in [5.41, 5.74) is 1.81. The molecule has 0 amide bonds. The molecular weight excluding hydrogens is 190 g/mol. The Morgan fingerprint density at radius 3 is 3.00 bits per heavy atom. The first kappa shape index (κ1) is 9.65. The number of rotatable bonds is 3. The number of fused-ring (bicyclic) bond motifs is 1. The summed E-state index contributed by atoms with van der Waals surface area (Å²) in [7, 11) is 0. The maximum absolute atomic E-state index is 10.1. The van der Waals surface area contributed by atoms with Crippen LogP contribution in [0.4, 0.5) is 0 Å². The fourth-order valence-corrected chi connectivity index (χ4v) is 1.45. The molecule has 3 heteroatoms. The summed E-state index contributed by atoms with van der Waals surface area (Å²) in [5.74, 6) is 0. The van der Waals surface area contributed by atoms with E-state index in [9.17, 15) is 4.79 Å². The van der Waals surface area contributed by atoms with Crippen LogP contribution < -0.4 is 0 Å². The van der Waals surface area contributed by atoms with E-state index in [4.69, 9.17) is 4.74 Å². The van der Waals surface area contributed by atoms with Gasteiger partial charge in [0.2, 0.25) is 0 Å². The molecule has 0 saturated carbocycles. The van der Waals surface area contributed by atoms with Gasteiger partial charge in [-0.3, -0.25) is 4.98 Å². The lowest BCUT2D eigenvalue weighted by atomic mass is 10.1. The molecule has 0 spiro atoms. The van der Waals surface area contributed by atoms with Gasteiger partial charge in [-0.15, -0.1) is 0 Å². The number of hydrogen-bond donors (Lipinski definition) is 0. The zero-order valence-corrected chi connectivity index (χ0v) is 8.31. The molecule has 15 heavy (non-hydrogen) atoms. The van der Waals surface area contributed by atoms with Crippen molar-refractivity contribution in [2.45, 2.75) is 13.0 Å². The lowest BCUT2D eigenvalue weighted by Gasteiger charge is -2.08. The number of para-hydroxylation sites is 1. The molecule has 0 aliphatic rings. The lowest BCUT2D eigenvalue weighted by molar-refractivity contribution is 0.197. The van der Waals surface area contributed by atoms with E-state index in [0.29, 0.717) is 0 Å². The van der Waals surface area contributed by atoms with E-state index in [1.54, 1.807) is 13.1 Å². The highest BCUT2D eigenvalue weighted by Crippen LogP contribution is 2.19. The Hall–Kier alpha value is -1.90. The van der Waals surface area contributed by atoms with E-state index in [1.807, 2.05) is 30.3 Å². The molecule has 0 aliphatic carbocycles. The largest absolute Gasteiger partial charge is 0.449 e. The minimum Gasteiger partial charge on any atom is -0.449 e. The SMILES string of the molecule is CC(O[C]=O)c1cnc2ccccc2c1. The number of nitrogens with zero attached hydrogens (tertiary/aromatic N) is 1. The average molecular weight is 200 g/mol. The minimum atomic E-state index is -0.306. The van der Waals surface area contributed by atoms with Crippen LogP contribution in [0.2, 0.25) is 0 Å². The van der Waals surface area contributed by atoms with Crippen LogP contribution >= 0.6 is 0 Å². The van der Waals surface area contributed by atoms with Crippen molar-refractivity contribution >= 4 is 17.4 Å². The third-order valence-electron chi connectivity index (χ3n) is 2.31. The Labute approximate surface area is 87.7 Å². The Morgan fingerprint density at radius 1 is 1.40 bits per heavy atom. The van der Waals surface area contributed by atoms with Crippen LogP contribution in [0.25, 0.3) is 10.9 Å². The van der Waals surface area contributed by atoms with E-state index in [1.165, 1.54) is 6.47 Å². The number of hydrogen-bond acceptors (Lipinski definition) is 3. The van der Waals surface area contributed by atoms with Gasteiger partial charge in [-0.1, -0.05) is 18.2 Å². The Balaban J connectivity index is 2.42. The highest BCUT2D eigenvalue weighted by molar-refractivity contribution is 5.78. The number of carbonyl (C=O) groups excluding carboxylic acids is 1. The highest BCUT2D eigenvalue weighted by Gasteiger charge is 2.07. The Bertz CT molecular complexity index is 482. The smallest absolute Gasteiger partial charge is 0.418 e. The molecule has 0 bridgehead atoms. The molecule has 1 aromatic carbocycles. The second-order valence-corrected chi connectivity index (χ2v) is 3.30. The maximum Gasteiger partial charge on any atom is 0.418 e. The molecule has 0 fully saturated rings. The number of ether oxygens (including phenoxy) is 1. The summed E-state index contributed by atoms with van der Waals surface area (Å²) in [5, 5.41) is 1.04. The number of benzene rings is 1. The normalized spacial score (nSPS) is 12.3. The molecule has 2 aromatic rings. The molecule has 0 aliphatic heterocycles. The van der Waals surface area contributed by atoms with E-state index in [-0.39, 0.29) is 6.10 Å². The fourth-order valence-electron chi connectivity index (χ4n) is 1.45. The van der Waals surface area contributed by atoms with Crippen LogP contribution in [0.15, 0.2) is 36.5 Å². The standard InChI is InChI=1S/C12H10NO2/c1-9(15-8-14)11-6-10-4-2-3-5-12(10)13-7-11/h2-7,9H,1H3. The predicted octanol–water partition coefficient (Wildman–Crippen LogP) is 2.38. The number of aromatic nitrogens is 1. The van der Waals surface area contributed by atoms with Crippen molar-refractivity contribution < 1.29 is 9.53 Å². The van der Waals surface area contributed by atoms with Gasteiger partial charge in [0.15, 0.2) is 0 Å². The van der Waals surface area contributed by atoms with E-state index in [2.05, 4.69) is 4.98 Å². The zero-order chi connectivity index (χ0) is 10.7. The molecular formula is C12H10NO2. The van der Waals surface area contributed by atoms with Gasteiger partial charge in [0.05, 0.1) is 5.52 Å². The van der Waals surface area contributed by atoms with Crippen molar-refractivity contribution in [1.29, 1.82) is 0 Å². The molecule has 1 heterocycles. The Kier molecular flexibility index (Phi) is 2.63. The van der Waals surface area contributed by atoms with Crippen molar-refractivity contribution in [3.8, 4) is 0 Å². The third-order valence-corrected chi connectivity index (χ3v) is 2.31. The Morgan fingerprint density at radius 2 is 2.20 bits per heavy atom. The first-order valence-electron chi connectivity index (χ1n) is 4.69. The van der Waals surface area contributed by atoms with Gasteiger partial charge in [-0.2, -0.15) is 0 Å². The second kappa shape index (κ2) is 4.09. The van der Waals surface area contributed by atoms with Crippen molar-refractivity contribution in [1.82, 2.24) is 4.98 Å². The summed E-state index contributed by atoms with van der Waals surface area (Å²) in [6, 6.07) is 9.77. The molecule has 2 rings (SSSR count). The monoisotopic (exact) mass is 200 g/mol. The summed E-state index contributed by atoms with van der Waals surface area (Å²) >= 11 is 0. The van der Waals surface area contributed by atoms with Gasteiger partial charge in [0.25, 0.3) is 0 Å². The van der Waals surface area contributed by atoms with Crippen LogP contribution in [0, 0.1) is 0 Å². The molecule has 1 aromatic heterocycles. The van der Waals surface area contributed by atoms with Crippen LogP contribution in [0.5, 0.6) is 0 Å². The molecule has 3 nitrogen and oxygen atoms in total. The second-order valence-electron chi connectivity index (χ2n) is 3.30. The fraction of sp³-hybridized carbons (Fsp3) is 0.167. The van der Waals surface area contributed by atoms with Gasteiger partial charge in [0.1, 0.15) is 6.10 Å². The van der Waals surface area contributed by atoms with Crippen molar-refractivity contribution in [2.24, 2.45) is 0 Å². The molecule has 75 valence electrons. The molecule has 1 radical (unpaired) electrons. The minimum absolute atomic E-state index is 0.306. The van der Waals surface area contributed by atoms with Crippen LogP contribution in [-0.2, 0) is 9.53 Å². The molecule has 1 unspecified atom stereocenters. The van der Waals surface area contributed by atoms with Gasteiger partial charge < -0.3 is 4.74 Å². The van der Waals surface area contributed by atoms with E-state index < -0.39 is 0 Å². The van der Waals surface area contributed by atoms with Crippen LogP contribution in [-0.4, -0.2) is 11.5 Å². The van der Waals surface area contributed by atoms with Gasteiger partial charge in [0, 0.05) is 17.1 Å². The van der Waals surface area contributed by atoms with Gasteiger partial charge in [-0.05, 0) is 19.1 Å². The van der Waals surface area contributed by atoms with E-state index in [0.717, 1.165) is 16.5 Å². The summed E-state index contributed by atoms with van der Waals surface area (Å²) in [6.45, 7) is 3.22. The first-order valence-corrected chi connectivity index (χ1v) is 4.69. The quantitative estimate of drug-likeness (QED) is 0.763. The van der Waals surface area contributed by atoms with Crippen LogP contribution in [0.3, 0.4) is 0 Å². The highest BCUT2D eigenvalue weighted by atomic mass is 16.5. The first-order chi connectivity index (χ1) is 7.31. The molecule has 0 saturated heterocycles. The average Bonchev–Trinajstić information content (AvgIpc) is 2.29.